The lowest BCUT2D eigenvalue weighted by Crippen LogP contribution is -2.39. The molecule has 192 valence electrons. The second kappa shape index (κ2) is 11.1. The van der Waals surface area contributed by atoms with Gasteiger partial charge in [-0.25, -0.2) is 14.6 Å². The molecule has 0 saturated heterocycles. The Bertz CT molecular complexity index is 1590. The van der Waals surface area contributed by atoms with Crippen LogP contribution >= 0.6 is 27.3 Å². The number of ether oxygens (including phenoxy) is 3. The number of benzene rings is 2. The zero-order valence-electron chi connectivity index (χ0n) is 20.2. The first-order valence-corrected chi connectivity index (χ1v) is 12.8. The van der Waals surface area contributed by atoms with E-state index in [0.717, 1.165) is 0 Å². The fourth-order valence-corrected chi connectivity index (χ4v) is 5.49. The van der Waals surface area contributed by atoms with Crippen molar-refractivity contribution in [3.05, 3.63) is 89.0 Å². The van der Waals surface area contributed by atoms with Gasteiger partial charge in [-0.1, -0.05) is 29.5 Å². The summed E-state index contributed by atoms with van der Waals surface area (Å²) in [5.41, 5.74) is 1.83. The maximum absolute atomic E-state index is 13.7. The molecule has 0 radical (unpaired) electrons. The van der Waals surface area contributed by atoms with Crippen molar-refractivity contribution >= 4 is 45.3 Å². The molecular weight excluding hydrogens is 564 g/mol. The van der Waals surface area contributed by atoms with Crippen LogP contribution in [0.1, 0.15) is 31.0 Å². The van der Waals surface area contributed by atoms with Crippen LogP contribution in [0.15, 0.2) is 68.0 Å². The third kappa shape index (κ3) is 5.52. The van der Waals surface area contributed by atoms with Crippen molar-refractivity contribution in [1.82, 2.24) is 4.57 Å². The molecule has 0 fully saturated rings. The van der Waals surface area contributed by atoms with E-state index >= 15 is 0 Å². The molecule has 37 heavy (non-hydrogen) atoms. The van der Waals surface area contributed by atoms with Gasteiger partial charge < -0.3 is 19.3 Å². The molecule has 2 aromatic carbocycles. The van der Waals surface area contributed by atoms with E-state index in [9.17, 15) is 14.4 Å². The van der Waals surface area contributed by atoms with Gasteiger partial charge in [0.05, 0.1) is 40.0 Å². The summed E-state index contributed by atoms with van der Waals surface area (Å²) in [6, 6.07) is 11.5. The number of hydrogen-bond acceptors (Lipinski definition) is 8. The minimum absolute atomic E-state index is 0.186. The van der Waals surface area contributed by atoms with Gasteiger partial charge in [0.15, 0.2) is 11.4 Å². The van der Waals surface area contributed by atoms with E-state index in [1.54, 1.807) is 63.4 Å². The molecule has 9 nitrogen and oxygen atoms in total. The number of aromatic nitrogens is 1. The number of carbonyl (C=O) groups excluding carboxylic acids is 1. The number of carboxylic acid groups (broad SMARTS) is 1. The summed E-state index contributed by atoms with van der Waals surface area (Å²) in [6.07, 6.45) is 1.71. The molecule has 2 heterocycles. The van der Waals surface area contributed by atoms with Crippen molar-refractivity contribution in [2.75, 3.05) is 20.3 Å². The summed E-state index contributed by atoms with van der Waals surface area (Å²) in [7, 11) is 1.55. The number of halogens is 1. The first-order valence-electron chi connectivity index (χ1n) is 11.2. The summed E-state index contributed by atoms with van der Waals surface area (Å²) in [6.45, 7) is 3.16. The predicted molar refractivity (Wildman–Crippen MR) is 141 cm³/mol. The maximum Gasteiger partial charge on any atom is 0.341 e. The van der Waals surface area contributed by atoms with Gasteiger partial charge in [0, 0.05) is 0 Å². The second-order valence-electron chi connectivity index (χ2n) is 7.95. The van der Waals surface area contributed by atoms with Crippen LogP contribution in [0.5, 0.6) is 11.5 Å². The number of thiazole rings is 1. The van der Waals surface area contributed by atoms with Crippen molar-refractivity contribution in [2.24, 2.45) is 4.99 Å². The fourth-order valence-electron chi connectivity index (χ4n) is 3.93. The van der Waals surface area contributed by atoms with Crippen molar-refractivity contribution in [1.29, 1.82) is 0 Å². The Labute approximate surface area is 224 Å². The Hall–Kier alpha value is -3.70. The molecule has 1 aliphatic heterocycles. The van der Waals surface area contributed by atoms with Crippen molar-refractivity contribution in [3.8, 4) is 11.5 Å². The highest BCUT2D eigenvalue weighted by Gasteiger charge is 2.33. The van der Waals surface area contributed by atoms with Crippen molar-refractivity contribution < 1.29 is 28.9 Å². The van der Waals surface area contributed by atoms with Gasteiger partial charge in [-0.3, -0.25) is 9.36 Å². The topological polar surface area (TPSA) is 116 Å². The lowest BCUT2D eigenvalue weighted by molar-refractivity contribution is -0.140. The van der Waals surface area contributed by atoms with E-state index in [4.69, 9.17) is 19.3 Å². The van der Waals surface area contributed by atoms with E-state index in [1.807, 2.05) is 6.07 Å². The summed E-state index contributed by atoms with van der Waals surface area (Å²) < 4.78 is 18.4. The lowest BCUT2D eigenvalue weighted by Gasteiger charge is -2.25. The second-order valence-corrected chi connectivity index (χ2v) is 9.81. The maximum atomic E-state index is 13.7. The Morgan fingerprint density at radius 1 is 1.24 bits per heavy atom. The number of hydrogen-bond donors (Lipinski definition) is 1. The fraction of sp³-hybridized carbons (Fsp3) is 0.231. The molecule has 0 spiro atoms. The summed E-state index contributed by atoms with van der Waals surface area (Å²) in [4.78, 5) is 42.5. The van der Waals surface area contributed by atoms with Gasteiger partial charge in [0.1, 0.15) is 11.5 Å². The molecule has 1 aromatic heterocycles. The minimum atomic E-state index is -1.08. The SMILES string of the molecule is CCOC(=O)C1=C(C)N=c2s/c(=C/c3ccc(OCC(=O)O)c(Br)c3)c(=O)n2[C@H]1c1cccc(OC)c1. The minimum Gasteiger partial charge on any atom is -0.497 e. The van der Waals surface area contributed by atoms with E-state index in [-0.39, 0.29) is 17.7 Å². The monoisotopic (exact) mass is 586 g/mol. The number of fused-ring (bicyclic) bond motifs is 1. The molecule has 1 aliphatic rings. The molecule has 0 aliphatic carbocycles. The number of rotatable bonds is 8. The third-order valence-electron chi connectivity index (χ3n) is 5.53. The Kier molecular flexibility index (Phi) is 7.94. The van der Waals surface area contributed by atoms with Crippen molar-refractivity contribution in [3.63, 3.8) is 0 Å². The number of methoxy groups -OCH3 is 1. The Morgan fingerprint density at radius 3 is 2.70 bits per heavy atom. The lowest BCUT2D eigenvalue weighted by atomic mass is 9.95. The van der Waals surface area contributed by atoms with E-state index < -0.39 is 24.6 Å². The number of carboxylic acids is 1. The van der Waals surface area contributed by atoms with Crippen LogP contribution in [0.25, 0.3) is 6.08 Å². The van der Waals surface area contributed by atoms with Crippen LogP contribution in [-0.4, -0.2) is 41.9 Å². The molecule has 11 heteroatoms. The molecule has 4 rings (SSSR count). The zero-order valence-corrected chi connectivity index (χ0v) is 22.6. The average molecular weight is 587 g/mol. The van der Waals surface area contributed by atoms with E-state index in [2.05, 4.69) is 20.9 Å². The largest absolute Gasteiger partial charge is 0.497 e. The van der Waals surface area contributed by atoms with Gasteiger partial charge >= 0.3 is 11.9 Å². The number of esters is 1. The van der Waals surface area contributed by atoms with Crippen LogP contribution < -0.4 is 24.4 Å². The average Bonchev–Trinajstić information content (AvgIpc) is 3.16. The van der Waals surface area contributed by atoms with Gasteiger partial charge in [-0.2, -0.15) is 0 Å². The molecule has 0 saturated carbocycles. The zero-order chi connectivity index (χ0) is 26.7. The van der Waals surface area contributed by atoms with Crippen LogP contribution in [0.2, 0.25) is 0 Å². The van der Waals surface area contributed by atoms with E-state index in [0.29, 0.717) is 42.1 Å². The molecule has 0 bridgehead atoms. The molecule has 0 amide bonds. The van der Waals surface area contributed by atoms with Crippen LogP contribution in [-0.2, 0) is 14.3 Å². The first-order chi connectivity index (χ1) is 17.7. The molecule has 3 aromatic rings. The highest BCUT2D eigenvalue weighted by atomic mass is 79.9. The van der Waals surface area contributed by atoms with Crippen molar-refractivity contribution in [2.45, 2.75) is 19.9 Å². The molecule has 0 unspecified atom stereocenters. The number of nitrogens with zero attached hydrogens (tertiary/aromatic N) is 2. The van der Waals surface area contributed by atoms with E-state index in [1.165, 1.54) is 15.9 Å². The van der Waals surface area contributed by atoms with Gasteiger partial charge in [0.2, 0.25) is 0 Å². The van der Waals surface area contributed by atoms with Gasteiger partial charge in [0.25, 0.3) is 5.56 Å². The molecule has 1 atom stereocenters. The quantitative estimate of drug-likeness (QED) is 0.403. The normalized spacial score (nSPS) is 15.1. The highest BCUT2D eigenvalue weighted by molar-refractivity contribution is 9.10. The Balaban J connectivity index is 1.85. The standard InChI is InChI=1S/C26H23BrN2O7S/c1-4-35-25(33)22-14(2)28-26-29(23(22)16-6-5-7-17(12-16)34-3)24(32)20(37-26)11-15-8-9-19(18(27)10-15)36-13-21(30)31/h5-12,23H,4,13H2,1-3H3,(H,30,31)/b20-11+/t23-/m0/s1. The van der Waals surface area contributed by atoms with Crippen LogP contribution in [0.4, 0.5) is 0 Å². The number of carbonyl (C=O) groups is 2. The first kappa shape index (κ1) is 26.4. The number of aliphatic carboxylic acids is 1. The highest BCUT2D eigenvalue weighted by Crippen LogP contribution is 2.32. The Morgan fingerprint density at radius 2 is 2.03 bits per heavy atom. The smallest absolute Gasteiger partial charge is 0.341 e. The van der Waals surface area contributed by atoms with Crippen LogP contribution in [0, 0.1) is 0 Å². The molecule has 1 N–H and O–H groups in total. The van der Waals surface area contributed by atoms with Gasteiger partial charge in [-0.15, -0.1) is 0 Å². The summed E-state index contributed by atoms with van der Waals surface area (Å²) in [5, 5.41) is 8.83. The van der Waals surface area contributed by atoms with Crippen LogP contribution in [0.3, 0.4) is 0 Å². The number of allylic oxidation sites excluding steroid dienone is 1. The summed E-state index contributed by atoms with van der Waals surface area (Å²) in [5.74, 6) is -0.659. The van der Waals surface area contributed by atoms with Gasteiger partial charge in [-0.05, 0) is 71.2 Å². The molecular formula is C26H23BrN2O7S. The third-order valence-corrected chi connectivity index (χ3v) is 7.13. The predicted octanol–water partition coefficient (Wildman–Crippen LogP) is 3.03. The summed E-state index contributed by atoms with van der Waals surface area (Å²) >= 11 is 4.59.